The van der Waals surface area contributed by atoms with Crippen LogP contribution in [0.2, 0.25) is 0 Å². The summed E-state index contributed by atoms with van der Waals surface area (Å²) in [6.45, 7) is 9.81. The molecular formula is C21H25NO2. The normalized spacial score (nSPS) is 30.4. The van der Waals surface area contributed by atoms with E-state index in [4.69, 9.17) is 0 Å². The number of rotatable bonds is 4. The molecule has 3 heteroatoms. The van der Waals surface area contributed by atoms with Crippen molar-refractivity contribution in [2.24, 2.45) is 16.7 Å². The molecule has 2 fully saturated rings. The maximum Gasteiger partial charge on any atom is 0.243 e. The molecule has 0 aliphatic heterocycles. The van der Waals surface area contributed by atoms with Crippen LogP contribution < -0.4 is 5.32 Å². The smallest absolute Gasteiger partial charge is 0.243 e. The number of carbonyl (C=O) groups excluding carboxylic acids is 2. The molecule has 2 aliphatic carbocycles. The van der Waals surface area contributed by atoms with Crippen LogP contribution in [0, 0.1) is 16.7 Å². The summed E-state index contributed by atoms with van der Waals surface area (Å²) in [5.74, 6) is 0.224. The van der Waals surface area contributed by atoms with E-state index in [2.05, 4.69) is 25.7 Å². The molecule has 2 aliphatic rings. The molecule has 3 atom stereocenters. The van der Waals surface area contributed by atoms with Gasteiger partial charge in [0.1, 0.15) is 0 Å². The van der Waals surface area contributed by atoms with Crippen molar-refractivity contribution in [3.8, 4) is 0 Å². The fourth-order valence-electron chi connectivity index (χ4n) is 4.99. The maximum absolute atomic E-state index is 13.4. The summed E-state index contributed by atoms with van der Waals surface area (Å²) in [6, 6.07) is 9.78. The number of Topliss-reactive ketones (excluding diaryl/α,β-unsaturated/α-hetero) is 1. The number of hydrogen-bond acceptors (Lipinski definition) is 2. The molecule has 1 N–H and O–H groups in total. The second kappa shape index (κ2) is 5.73. The molecule has 0 radical (unpaired) electrons. The number of ketones is 1. The summed E-state index contributed by atoms with van der Waals surface area (Å²) >= 11 is 0. The SMILES string of the molecule is C=CC(=O)NC(C)C12CCC(C(=Cc3ccccc3)C1=O)C2(C)C. The van der Waals surface area contributed by atoms with Gasteiger partial charge in [0.15, 0.2) is 5.78 Å². The van der Waals surface area contributed by atoms with Crippen molar-refractivity contribution in [3.05, 3.63) is 54.1 Å². The van der Waals surface area contributed by atoms with E-state index in [9.17, 15) is 9.59 Å². The van der Waals surface area contributed by atoms with E-state index in [-0.39, 0.29) is 29.1 Å². The zero-order chi connectivity index (χ0) is 17.5. The fraction of sp³-hybridized carbons (Fsp3) is 0.429. The first-order valence-electron chi connectivity index (χ1n) is 8.59. The third kappa shape index (κ3) is 2.18. The van der Waals surface area contributed by atoms with Gasteiger partial charge in [-0.1, -0.05) is 50.8 Å². The van der Waals surface area contributed by atoms with Gasteiger partial charge in [0, 0.05) is 11.6 Å². The molecule has 3 unspecified atom stereocenters. The van der Waals surface area contributed by atoms with Crippen molar-refractivity contribution in [1.82, 2.24) is 5.32 Å². The summed E-state index contributed by atoms with van der Waals surface area (Å²) in [6.07, 6.45) is 5.13. The molecule has 1 aromatic carbocycles. The van der Waals surface area contributed by atoms with E-state index < -0.39 is 5.41 Å². The minimum Gasteiger partial charge on any atom is -0.349 e. The highest BCUT2D eigenvalue weighted by molar-refractivity contribution is 6.09. The van der Waals surface area contributed by atoms with Gasteiger partial charge in [-0.05, 0) is 48.8 Å². The Morgan fingerprint density at radius 1 is 1.33 bits per heavy atom. The Hall–Kier alpha value is -2.16. The number of fused-ring (bicyclic) bond motifs is 2. The topological polar surface area (TPSA) is 46.2 Å². The highest BCUT2D eigenvalue weighted by atomic mass is 16.2. The molecule has 2 bridgehead atoms. The van der Waals surface area contributed by atoms with Crippen molar-refractivity contribution in [3.63, 3.8) is 0 Å². The van der Waals surface area contributed by atoms with Crippen molar-refractivity contribution < 1.29 is 9.59 Å². The summed E-state index contributed by atoms with van der Waals surface area (Å²) in [7, 11) is 0. The van der Waals surface area contributed by atoms with E-state index >= 15 is 0 Å². The van der Waals surface area contributed by atoms with Gasteiger partial charge in [-0.25, -0.2) is 0 Å². The summed E-state index contributed by atoms with van der Waals surface area (Å²) in [4.78, 5) is 25.2. The van der Waals surface area contributed by atoms with Crippen LogP contribution in [0.15, 0.2) is 48.6 Å². The summed E-state index contributed by atoms with van der Waals surface area (Å²) in [5.41, 5.74) is 1.27. The third-order valence-electron chi connectivity index (χ3n) is 6.30. The lowest BCUT2D eigenvalue weighted by molar-refractivity contribution is -0.130. The third-order valence-corrected chi connectivity index (χ3v) is 6.30. The van der Waals surface area contributed by atoms with E-state index in [0.29, 0.717) is 0 Å². The Labute approximate surface area is 143 Å². The standard InChI is InChI=1S/C21H25NO2/c1-5-18(23)22-14(2)21-12-11-17(20(21,3)4)16(19(21)24)13-15-9-7-6-8-10-15/h5-10,13-14,17H,1,11-12H2,2-4H3,(H,22,23). The average Bonchev–Trinajstić information content (AvgIpc) is 2.91. The number of carbonyl (C=O) groups is 2. The molecule has 2 saturated carbocycles. The van der Waals surface area contributed by atoms with Crippen LogP contribution >= 0.6 is 0 Å². The van der Waals surface area contributed by atoms with Crippen LogP contribution in [-0.4, -0.2) is 17.7 Å². The van der Waals surface area contributed by atoms with Crippen molar-refractivity contribution in [2.75, 3.05) is 0 Å². The van der Waals surface area contributed by atoms with Crippen LogP contribution in [0.5, 0.6) is 0 Å². The molecule has 126 valence electrons. The largest absolute Gasteiger partial charge is 0.349 e. The zero-order valence-electron chi connectivity index (χ0n) is 14.6. The Bertz CT molecular complexity index is 717. The predicted molar refractivity (Wildman–Crippen MR) is 96.2 cm³/mol. The van der Waals surface area contributed by atoms with Gasteiger partial charge in [-0.15, -0.1) is 0 Å². The Balaban J connectivity index is 2.02. The molecule has 3 nitrogen and oxygen atoms in total. The second-order valence-corrected chi connectivity index (χ2v) is 7.56. The zero-order valence-corrected chi connectivity index (χ0v) is 14.6. The highest BCUT2D eigenvalue weighted by Crippen LogP contribution is 2.67. The molecule has 0 heterocycles. The van der Waals surface area contributed by atoms with Crippen molar-refractivity contribution in [2.45, 2.75) is 39.7 Å². The second-order valence-electron chi connectivity index (χ2n) is 7.56. The van der Waals surface area contributed by atoms with Gasteiger partial charge in [0.25, 0.3) is 0 Å². The molecule has 0 aromatic heterocycles. The molecule has 0 saturated heterocycles. The Kier molecular flexibility index (Phi) is 3.98. The monoisotopic (exact) mass is 323 g/mol. The quantitative estimate of drug-likeness (QED) is 0.858. The van der Waals surface area contributed by atoms with Gasteiger partial charge in [-0.2, -0.15) is 0 Å². The first-order valence-corrected chi connectivity index (χ1v) is 8.59. The first kappa shape index (κ1) is 16.7. The predicted octanol–water partition coefficient (Wildman–Crippen LogP) is 3.77. The first-order chi connectivity index (χ1) is 11.3. The average molecular weight is 323 g/mol. The maximum atomic E-state index is 13.4. The Morgan fingerprint density at radius 3 is 2.62 bits per heavy atom. The van der Waals surface area contributed by atoms with Crippen molar-refractivity contribution >= 4 is 17.8 Å². The minimum atomic E-state index is -0.531. The number of amides is 1. The Morgan fingerprint density at radius 2 is 2.00 bits per heavy atom. The number of benzene rings is 1. The van der Waals surface area contributed by atoms with Crippen LogP contribution in [-0.2, 0) is 9.59 Å². The van der Waals surface area contributed by atoms with Gasteiger partial charge in [0.2, 0.25) is 5.91 Å². The summed E-state index contributed by atoms with van der Waals surface area (Å²) < 4.78 is 0. The number of hydrogen-bond donors (Lipinski definition) is 1. The highest BCUT2D eigenvalue weighted by Gasteiger charge is 2.68. The van der Waals surface area contributed by atoms with Crippen LogP contribution in [0.25, 0.3) is 6.08 Å². The van der Waals surface area contributed by atoms with Gasteiger partial charge in [0.05, 0.1) is 5.41 Å². The van der Waals surface area contributed by atoms with Crippen molar-refractivity contribution in [1.29, 1.82) is 0 Å². The lowest BCUT2D eigenvalue weighted by atomic mass is 9.64. The minimum absolute atomic E-state index is 0.168. The molecule has 0 spiro atoms. The molecule has 1 aromatic rings. The van der Waals surface area contributed by atoms with E-state index in [1.165, 1.54) is 6.08 Å². The molecule has 3 rings (SSSR count). The van der Waals surface area contributed by atoms with Crippen LogP contribution in [0.4, 0.5) is 0 Å². The molecule has 1 amide bonds. The lowest BCUT2D eigenvalue weighted by Crippen LogP contribution is -2.53. The number of allylic oxidation sites excluding steroid dienone is 1. The van der Waals surface area contributed by atoms with Crippen LogP contribution in [0.1, 0.15) is 39.2 Å². The van der Waals surface area contributed by atoms with Crippen LogP contribution in [0.3, 0.4) is 0 Å². The van der Waals surface area contributed by atoms with E-state index in [0.717, 1.165) is 24.0 Å². The summed E-state index contributed by atoms with van der Waals surface area (Å²) in [5, 5.41) is 2.96. The van der Waals surface area contributed by atoms with E-state index in [1.807, 2.05) is 43.3 Å². The lowest BCUT2D eigenvalue weighted by Gasteiger charge is -2.41. The van der Waals surface area contributed by atoms with Gasteiger partial charge < -0.3 is 5.32 Å². The van der Waals surface area contributed by atoms with E-state index in [1.54, 1.807) is 0 Å². The fourth-order valence-corrected chi connectivity index (χ4v) is 4.99. The number of nitrogens with one attached hydrogen (secondary N) is 1. The van der Waals surface area contributed by atoms with Gasteiger partial charge >= 0.3 is 0 Å². The molecular weight excluding hydrogens is 298 g/mol. The molecule has 24 heavy (non-hydrogen) atoms. The van der Waals surface area contributed by atoms with Gasteiger partial charge in [-0.3, -0.25) is 9.59 Å².